The zero-order valence-corrected chi connectivity index (χ0v) is 10.8. The molecule has 96 valence electrons. The van der Waals surface area contributed by atoms with Crippen LogP contribution in [0.25, 0.3) is 10.9 Å². The first kappa shape index (κ1) is 12.9. The molecule has 2 aromatic rings. The van der Waals surface area contributed by atoms with Crippen LogP contribution in [0.15, 0.2) is 28.2 Å². The second-order valence-corrected chi connectivity index (χ2v) is 5.56. The quantitative estimate of drug-likeness (QED) is 0.573. The van der Waals surface area contributed by atoms with E-state index in [2.05, 4.69) is 9.97 Å². The Hall–Kier alpha value is -1.53. The van der Waals surface area contributed by atoms with Crippen molar-refractivity contribution in [3.63, 3.8) is 0 Å². The molecule has 5 nitrogen and oxygen atoms in total. The topological polar surface area (TPSA) is 92.0 Å². The predicted octanol–water partition coefficient (Wildman–Crippen LogP) is 1.37. The predicted molar refractivity (Wildman–Crippen MR) is 73.8 cm³/mol. The molecule has 0 saturated heterocycles. The summed E-state index contributed by atoms with van der Waals surface area (Å²) in [6.45, 7) is 2.18. The van der Waals surface area contributed by atoms with Gasteiger partial charge in [-0.25, -0.2) is 4.98 Å². The molecule has 0 amide bonds. The van der Waals surface area contributed by atoms with Crippen LogP contribution in [-0.4, -0.2) is 26.9 Å². The van der Waals surface area contributed by atoms with Gasteiger partial charge in [0, 0.05) is 22.4 Å². The molecule has 1 unspecified atom stereocenters. The molecule has 0 aliphatic heterocycles. The first-order valence-electron chi connectivity index (χ1n) is 5.66. The number of nitrogens with zero attached hydrogens (tertiary/aromatic N) is 1. The van der Waals surface area contributed by atoms with Crippen molar-refractivity contribution in [1.29, 1.82) is 0 Å². The van der Waals surface area contributed by atoms with Crippen LogP contribution in [0.2, 0.25) is 0 Å². The van der Waals surface area contributed by atoms with Crippen molar-refractivity contribution >= 4 is 28.4 Å². The zero-order valence-electron chi connectivity index (χ0n) is 10.0. The Morgan fingerprint density at radius 3 is 3.06 bits per heavy atom. The fourth-order valence-corrected chi connectivity index (χ4v) is 2.70. The third-order valence-electron chi connectivity index (χ3n) is 2.64. The summed E-state index contributed by atoms with van der Waals surface area (Å²) < 4.78 is 0. The first-order chi connectivity index (χ1) is 8.61. The van der Waals surface area contributed by atoms with Crippen molar-refractivity contribution in [2.75, 3.05) is 12.3 Å². The molecular formula is C12H15N3O2S. The average Bonchev–Trinajstić information content (AvgIpc) is 2.32. The highest BCUT2D eigenvalue weighted by Gasteiger charge is 2.10. The van der Waals surface area contributed by atoms with Crippen molar-refractivity contribution in [2.24, 2.45) is 0 Å². The minimum absolute atomic E-state index is 0.152. The van der Waals surface area contributed by atoms with Crippen LogP contribution in [0.4, 0.5) is 5.69 Å². The Kier molecular flexibility index (Phi) is 3.88. The van der Waals surface area contributed by atoms with Gasteiger partial charge in [-0.3, -0.25) is 4.79 Å². The molecule has 1 aromatic carbocycles. The van der Waals surface area contributed by atoms with E-state index in [0.717, 1.165) is 4.90 Å². The van der Waals surface area contributed by atoms with E-state index < -0.39 is 0 Å². The lowest BCUT2D eigenvalue weighted by Crippen LogP contribution is -2.07. The van der Waals surface area contributed by atoms with Gasteiger partial charge in [-0.1, -0.05) is 6.92 Å². The van der Waals surface area contributed by atoms with Crippen molar-refractivity contribution in [3.8, 4) is 0 Å². The summed E-state index contributed by atoms with van der Waals surface area (Å²) in [5, 5.41) is 9.65. The van der Waals surface area contributed by atoms with E-state index in [1.54, 1.807) is 17.8 Å². The Morgan fingerprint density at radius 1 is 1.56 bits per heavy atom. The van der Waals surface area contributed by atoms with E-state index in [1.165, 1.54) is 6.33 Å². The first-order valence-corrected chi connectivity index (χ1v) is 6.54. The number of benzene rings is 1. The SMILES string of the molecule is CC(CCO)Sc1cc2nc[nH]c(=O)c2cc1N. The third kappa shape index (κ3) is 2.65. The summed E-state index contributed by atoms with van der Waals surface area (Å²) in [6, 6.07) is 3.47. The average molecular weight is 265 g/mol. The van der Waals surface area contributed by atoms with E-state index >= 15 is 0 Å². The number of fused-ring (bicyclic) bond motifs is 1. The number of aliphatic hydroxyl groups excluding tert-OH is 1. The molecule has 0 spiro atoms. The van der Waals surface area contributed by atoms with Crippen LogP contribution in [0.1, 0.15) is 13.3 Å². The van der Waals surface area contributed by atoms with Crippen LogP contribution in [0, 0.1) is 0 Å². The Labute approximate surface area is 108 Å². The van der Waals surface area contributed by atoms with Gasteiger partial charge < -0.3 is 15.8 Å². The molecular weight excluding hydrogens is 250 g/mol. The summed E-state index contributed by atoms with van der Waals surface area (Å²) >= 11 is 1.58. The second kappa shape index (κ2) is 5.41. The third-order valence-corrected chi connectivity index (χ3v) is 3.88. The molecule has 18 heavy (non-hydrogen) atoms. The van der Waals surface area contributed by atoms with Gasteiger partial charge in [0.1, 0.15) is 0 Å². The maximum atomic E-state index is 11.6. The number of aromatic amines is 1. The number of nitrogens with one attached hydrogen (secondary N) is 1. The van der Waals surface area contributed by atoms with Gasteiger partial charge in [0.2, 0.25) is 0 Å². The largest absolute Gasteiger partial charge is 0.398 e. The normalized spacial score (nSPS) is 12.8. The molecule has 0 radical (unpaired) electrons. The van der Waals surface area contributed by atoms with Crippen molar-refractivity contribution < 1.29 is 5.11 Å². The molecule has 0 bridgehead atoms. The van der Waals surface area contributed by atoms with Crippen LogP contribution in [-0.2, 0) is 0 Å². The molecule has 1 aromatic heterocycles. The fourth-order valence-electron chi connectivity index (χ4n) is 1.67. The van der Waals surface area contributed by atoms with E-state index in [0.29, 0.717) is 23.0 Å². The number of aliphatic hydroxyl groups is 1. The van der Waals surface area contributed by atoms with Gasteiger partial charge >= 0.3 is 0 Å². The van der Waals surface area contributed by atoms with Crippen LogP contribution in [0.3, 0.4) is 0 Å². The maximum absolute atomic E-state index is 11.6. The summed E-state index contributed by atoms with van der Waals surface area (Å²) in [6.07, 6.45) is 2.08. The van der Waals surface area contributed by atoms with Gasteiger partial charge in [-0.15, -0.1) is 11.8 Å². The van der Waals surface area contributed by atoms with Gasteiger partial charge in [0.05, 0.1) is 17.2 Å². The highest BCUT2D eigenvalue weighted by Crippen LogP contribution is 2.32. The highest BCUT2D eigenvalue weighted by molar-refractivity contribution is 8.00. The lowest BCUT2D eigenvalue weighted by molar-refractivity contribution is 0.289. The minimum atomic E-state index is -0.188. The van der Waals surface area contributed by atoms with Crippen LogP contribution < -0.4 is 11.3 Å². The van der Waals surface area contributed by atoms with E-state index in [1.807, 2.05) is 13.0 Å². The molecule has 0 aliphatic rings. The van der Waals surface area contributed by atoms with Gasteiger partial charge in [0.15, 0.2) is 0 Å². The van der Waals surface area contributed by atoms with Gasteiger partial charge in [-0.2, -0.15) is 0 Å². The lowest BCUT2D eigenvalue weighted by atomic mass is 10.2. The number of thioether (sulfide) groups is 1. The van der Waals surface area contributed by atoms with E-state index in [9.17, 15) is 4.79 Å². The molecule has 1 heterocycles. The number of H-pyrrole nitrogens is 1. The van der Waals surface area contributed by atoms with Crippen molar-refractivity contribution in [1.82, 2.24) is 9.97 Å². The van der Waals surface area contributed by atoms with E-state index in [-0.39, 0.29) is 17.4 Å². The summed E-state index contributed by atoms with van der Waals surface area (Å²) in [5.41, 5.74) is 6.94. The monoisotopic (exact) mass is 265 g/mol. The number of nitrogens with two attached hydrogens (primary N) is 1. The van der Waals surface area contributed by atoms with Crippen molar-refractivity contribution in [2.45, 2.75) is 23.5 Å². The molecule has 4 N–H and O–H groups in total. The van der Waals surface area contributed by atoms with E-state index in [4.69, 9.17) is 10.8 Å². The minimum Gasteiger partial charge on any atom is -0.398 e. The highest BCUT2D eigenvalue weighted by atomic mass is 32.2. The Morgan fingerprint density at radius 2 is 2.33 bits per heavy atom. The molecule has 2 rings (SSSR count). The molecule has 0 aliphatic carbocycles. The van der Waals surface area contributed by atoms with Crippen LogP contribution >= 0.6 is 11.8 Å². The number of hydrogen-bond donors (Lipinski definition) is 3. The van der Waals surface area contributed by atoms with Gasteiger partial charge in [-0.05, 0) is 18.6 Å². The van der Waals surface area contributed by atoms with Gasteiger partial charge in [0.25, 0.3) is 5.56 Å². The Balaban J connectivity index is 2.41. The fraction of sp³-hybridized carbons (Fsp3) is 0.333. The molecule has 6 heteroatoms. The van der Waals surface area contributed by atoms with Crippen LogP contribution in [0.5, 0.6) is 0 Å². The number of aromatic nitrogens is 2. The molecule has 1 atom stereocenters. The zero-order chi connectivity index (χ0) is 13.1. The number of nitrogen functional groups attached to an aromatic ring is 1. The second-order valence-electron chi connectivity index (χ2n) is 4.08. The summed E-state index contributed by atoms with van der Waals surface area (Å²) in [7, 11) is 0. The number of hydrogen-bond acceptors (Lipinski definition) is 5. The number of anilines is 1. The lowest BCUT2D eigenvalue weighted by Gasteiger charge is -2.12. The summed E-state index contributed by atoms with van der Waals surface area (Å²) in [5.74, 6) is 0. The smallest absolute Gasteiger partial charge is 0.258 e. The van der Waals surface area contributed by atoms with Crippen molar-refractivity contribution in [3.05, 3.63) is 28.8 Å². The molecule has 0 saturated carbocycles. The molecule has 0 fully saturated rings. The Bertz CT molecular complexity index is 612. The number of rotatable bonds is 4. The maximum Gasteiger partial charge on any atom is 0.258 e. The summed E-state index contributed by atoms with van der Waals surface area (Å²) in [4.78, 5) is 19.1. The standard InChI is InChI=1S/C12H15N3O2S/c1-7(2-3-16)18-11-5-10-8(4-9(11)13)12(17)15-6-14-10/h4-7,16H,2-3,13H2,1H3,(H,14,15,17).